The Balaban J connectivity index is 1.95. The summed E-state index contributed by atoms with van der Waals surface area (Å²) in [4.78, 5) is 16.6. The second-order valence-corrected chi connectivity index (χ2v) is 5.31. The molecule has 1 aromatic carbocycles. The van der Waals surface area contributed by atoms with E-state index in [4.69, 9.17) is 22.1 Å². The lowest BCUT2D eigenvalue weighted by Crippen LogP contribution is -2.51. The number of benzene rings is 1. The van der Waals surface area contributed by atoms with Gasteiger partial charge in [0.05, 0.1) is 22.8 Å². The van der Waals surface area contributed by atoms with E-state index in [1.165, 1.54) is 0 Å². The van der Waals surface area contributed by atoms with Crippen LogP contribution in [0.5, 0.6) is 0 Å². The van der Waals surface area contributed by atoms with Crippen molar-refractivity contribution in [2.75, 3.05) is 18.5 Å². The van der Waals surface area contributed by atoms with Crippen LogP contribution in [0.4, 0.5) is 5.69 Å². The molecule has 0 saturated carbocycles. The summed E-state index contributed by atoms with van der Waals surface area (Å²) in [6.45, 7) is 0.737. The molecule has 104 valence electrons. The number of ether oxygens (including phenoxy) is 1. The largest absolute Gasteiger partial charge is 0.379 e. The van der Waals surface area contributed by atoms with Gasteiger partial charge in [0.1, 0.15) is 5.54 Å². The summed E-state index contributed by atoms with van der Waals surface area (Å²) >= 11 is 6.12. The Kier molecular flexibility index (Phi) is 3.33. The van der Waals surface area contributed by atoms with Crippen molar-refractivity contribution in [1.82, 2.24) is 4.98 Å². The zero-order chi connectivity index (χ0) is 14.2. The van der Waals surface area contributed by atoms with Gasteiger partial charge in [-0.25, -0.2) is 0 Å². The van der Waals surface area contributed by atoms with Crippen LogP contribution in [0, 0.1) is 0 Å². The minimum absolute atomic E-state index is 0.234. The van der Waals surface area contributed by atoms with E-state index in [0.717, 1.165) is 5.39 Å². The fourth-order valence-electron chi connectivity index (χ4n) is 2.25. The summed E-state index contributed by atoms with van der Waals surface area (Å²) in [5.74, 6) is -0.260. The zero-order valence-corrected chi connectivity index (χ0v) is 11.5. The van der Waals surface area contributed by atoms with Gasteiger partial charge < -0.3 is 15.8 Å². The second kappa shape index (κ2) is 5.01. The van der Waals surface area contributed by atoms with Crippen molar-refractivity contribution in [1.29, 1.82) is 0 Å². The lowest BCUT2D eigenvalue weighted by molar-refractivity contribution is -0.121. The Hall–Kier alpha value is -1.69. The number of aromatic nitrogens is 1. The third kappa shape index (κ3) is 2.24. The highest BCUT2D eigenvalue weighted by atomic mass is 35.5. The Bertz CT molecular complexity index is 669. The van der Waals surface area contributed by atoms with Gasteiger partial charge in [-0.3, -0.25) is 9.78 Å². The van der Waals surface area contributed by atoms with Crippen molar-refractivity contribution in [3.8, 4) is 0 Å². The van der Waals surface area contributed by atoms with E-state index >= 15 is 0 Å². The Labute approximate surface area is 121 Å². The second-order valence-electron chi connectivity index (χ2n) is 4.91. The maximum absolute atomic E-state index is 12.3. The predicted octanol–water partition coefficient (Wildman–Crippen LogP) is 1.94. The standard InChI is InChI=1S/C14H14ClN3O2/c15-10-3-4-11(12-9(10)2-1-6-17-12)18-13(19)14(16)5-7-20-8-14/h1-4,6H,5,7-8,16H2,(H,18,19). The van der Waals surface area contributed by atoms with Gasteiger partial charge in [-0.1, -0.05) is 11.6 Å². The fourth-order valence-corrected chi connectivity index (χ4v) is 2.46. The average molecular weight is 292 g/mol. The highest BCUT2D eigenvalue weighted by Gasteiger charge is 2.38. The van der Waals surface area contributed by atoms with Crippen LogP contribution in [0.2, 0.25) is 5.02 Å². The molecule has 1 unspecified atom stereocenters. The lowest BCUT2D eigenvalue weighted by Gasteiger charge is -2.21. The van der Waals surface area contributed by atoms with Crippen LogP contribution < -0.4 is 11.1 Å². The van der Waals surface area contributed by atoms with Crippen LogP contribution in [-0.4, -0.2) is 29.6 Å². The molecule has 0 aliphatic carbocycles. The summed E-state index contributed by atoms with van der Waals surface area (Å²) in [5.41, 5.74) is 6.32. The molecule has 3 N–H and O–H groups in total. The average Bonchev–Trinajstić information content (AvgIpc) is 2.90. The molecule has 6 heteroatoms. The van der Waals surface area contributed by atoms with Gasteiger partial charge in [0.15, 0.2) is 0 Å². The van der Waals surface area contributed by atoms with Gasteiger partial charge >= 0.3 is 0 Å². The van der Waals surface area contributed by atoms with Crippen molar-refractivity contribution < 1.29 is 9.53 Å². The molecule has 1 aromatic heterocycles. The van der Waals surface area contributed by atoms with Crippen molar-refractivity contribution in [3.63, 3.8) is 0 Å². The first kappa shape index (κ1) is 13.3. The molecule has 5 nitrogen and oxygen atoms in total. The molecular weight excluding hydrogens is 278 g/mol. The van der Waals surface area contributed by atoms with Crippen molar-refractivity contribution in [2.45, 2.75) is 12.0 Å². The van der Waals surface area contributed by atoms with Gasteiger partial charge in [0, 0.05) is 18.2 Å². The molecular formula is C14H14ClN3O2. The Morgan fingerprint density at radius 1 is 1.45 bits per heavy atom. The van der Waals surface area contributed by atoms with Crippen LogP contribution >= 0.6 is 11.6 Å². The van der Waals surface area contributed by atoms with Gasteiger partial charge in [0.2, 0.25) is 5.91 Å². The molecule has 1 aliphatic rings. The number of hydrogen-bond acceptors (Lipinski definition) is 4. The number of anilines is 1. The van der Waals surface area contributed by atoms with Crippen LogP contribution in [-0.2, 0) is 9.53 Å². The normalized spacial score (nSPS) is 22.1. The number of fused-ring (bicyclic) bond motifs is 1. The van der Waals surface area contributed by atoms with Crippen molar-refractivity contribution >= 4 is 34.1 Å². The molecule has 2 aromatic rings. The van der Waals surface area contributed by atoms with Gasteiger partial charge in [-0.05, 0) is 30.7 Å². The minimum Gasteiger partial charge on any atom is -0.379 e. The van der Waals surface area contributed by atoms with Gasteiger partial charge in [-0.2, -0.15) is 0 Å². The maximum atomic E-state index is 12.3. The molecule has 0 radical (unpaired) electrons. The molecule has 0 bridgehead atoms. The first-order valence-electron chi connectivity index (χ1n) is 6.31. The molecule has 2 heterocycles. The number of amides is 1. The Morgan fingerprint density at radius 3 is 3.05 bits per heavy atom. The number of rotatable bonds is 2. The topological polar surface area (TPSA) is 77.2 Å². The summed E-state index contributed by atoms with van der Waals surface area (Å²) in [6, 6.07) is 7.12. The number of halogens is 1. The number of nitrogens with two attached hydrogens (primary N) is 1. The Morgan fingerprint density at radius 2 is 2.30 bits per heavy atom. The van der Waals surface area contributed by atoms with E-state index in [0.29, 0.717) is 29.3 Å². The van der Waals surface area contributed by atoms with E-state index in [9.17, 15) is 4.79 Å². The van der Waals surface area contributed by atoms with Crippen LogP contribution in [0.3, 0.4) is 0 Å². The predicted molar refractivity (Wildman–Crippen MR) is 77.7 cm³/mol. The van der Waals surface area contributed by atoms with E-state index in [1.54, 1.807) is 24.4 Å². The third-order valence-corrected chi connectivity index (χ3v) is 3.80. The van der Waals surface area contributed by atoms with E-state index in [2.05, 4.69) is 10.3 Å². The minimum atomic E-state index is -0.971. The number of carbonyl (C=O) groups excluding carboxylic acids is 1. The first-order chi connectivity index (χ1) is 9.60. The molecule has 3 rings (SSSR count). The summed E-state index contributed by atoms with van der Waals surface area (Å²) in [5, 5.41) is 4.22. The van der Waals surface area contributed by atoms with Crippen LogP contribution in [0.25, 0.3) is 10.9 Å². The monoisotopic (exact) mass is 291 g/mol. The molecule has 0 spiro atoms. The zero-order valence-electron chi connectivity index (χ0n) is 10.7. The van der Waals surface area contributed by atoms with Crippen LogP contribution in [0.1, 0.15) is 6.42 Å². The molecule has 1 fully saturated rings. The van der Waals surface area contributed by atoms with E-state index < -0.39 is 5.54 Å². The van der Waals surface area contributed by atoms with Gasteiger partial charge in [-0.15, -0.1) is 0 Å². The SMILES string of the molecule is NC1(C(=O)Nc2ccc(Cl)c3cccnc23)CCOC1. The number of pyridine rings is 1. The van der Waals surface area contributed by atoms with E-state index in [1.807, 2.05) is 6.07 Å². The number of carbonyl (C=O) groups is 1. The smallest absolute Gasteiger partial charge is 0.247 e. The maximum Gasteiger partial charge on any atom is 0.247 e. The van der Waals surface area contributed by atoms with Crippen LogP contribution in [0.15, 0.2) is 30.5 Å². The molecule has 1 amide bonds. The van der Waals surface area contributed by atoms with Crippen molar-refractivity contribution in [2.24, 2.45) is 5.73 Å². The first-order valence-corrected chi connectivity index (χ1v) is 6.69. The summed E-state index contributed by atoms with van der Waals surface area (Å²) in [7, 11) is 0. The molecule has 1 aliphatic heterocycles. The highest BCUT2D eigenvalue weighted by Crippen LogP contribution is 2.29. The molecule has 1 saturated heterocycles. The highest BCUT2D eigenvalue weighted by molar-refractivity contribution is 6.36. The summed E-state index contributed by atoms with van der Waals surface area (Å²) < 4.78 is 5.20. The quantitative estimate of drug-likeness (QED) is 0.886. The molecule has 20 heavy (non-hydrogen) atoms. The third-order valence-electron chi connectivity index (χ3n) is 3.47. The lowest BCUT2D eigenvalue weighted by atomic mass is 9.99. The number of nitrogens with zero attached hydrogens (tertiary/aromatic N) is 1. The fraction of sp³-hybridized carbons (Fsp3) is 0.286. The number of nitrogens with one attached hydrogen (secondary N) is 1. The summed E-state index contributed by atoms with van der Waals surface area (Å²) in [6.07, 6.45) is 2.17. The number of hydrogen-bond donors (Lipinski definition) is 2. The van der Waals surface area contributed by atoms with E-state index in [-0.39, 0.29) is 12.5 Å². The van der Waals surface area contributed by atoms with Crippen molar-refractivity contribution in [3.05, 3.63) is 35.5 Å². The van der Waals surface area contributed by atoms with Gasteiger partial charge in [0.25, 0.3) is 0 Å². The molecule has 1 atom stereocenters.